The van der Waals surface area contributed by atoms with Crippen LogP contribution in [0.4, 0.5) is 8.78 Å². The molecular formula is C14H13F2NO3. The molecule has 1 aromatic carbocycles. The summed E-state index contributed by atoms with van der Waals surface area (Å²) in [5.41, 5.74) is 0.598. The normalized spacial score (nSPS) is 18.8. The van der Waals surface area contributed by atoms with Gasteiger partial charge in [0.2, 0.25) is 5.91 Å². The van der Waals surface area contributed by atoms with Gasteiger partial charge in [-0.1, -0.05) is 6.07 Å². The van der Waals surface area contributed by atoms with E-state index in [4.69, 9.17) is 0 Å². The van der Waals surface area contributed by atoms with E-state index >= 15 is 0 Å². The summed E-state index contributed by atoms with van der Waals surface area (Å²) < 4.78 is 31.5. The summed E-state index contributed by atoms with van der Waals surface area (Å²) >= 11 is 0. The number of halogens is 2. The lowest BCUT2D eigenvalue weighted by molar-refractivity contribution is -0.136. The Bertz CT molecular complexity index is 610. The standard InChI is InChI=1S/C14H13F2NO3/c1-7-13(14(19)20-2)10(6-12(18)17-7)9-4-3-8(15)5-11(9)16/h3-5,10H,6H2,1-2H3,(H,17,18). The molecule has 0 fully saturated rings. The fourth-order valence-corrected chi connectivity index (χ4v) is 2.33. The van der Waals surface area contributed by atoms with Crippen LogP contribution in [-0.2, 0) is 14.3 Å². The number of hydrogen-bond donors (Lipinski definition) is 1. The summed E-state index contributed by atoms with van der Waals surface area (Å²) in [5, 5.41) is 2.52. The van der Waals surface area contributed by atoms with Gasteiger partial charge in [0.1, 0.15) is 11.6 Å². The maximum atomic E-state index is 13.9. The number of hydrogen-bond acceptors (Lipinski definition) is 3. The highest BCUT2D eigenvalue weighted by atomic mass is 19.1. The molecule has 1 heterocycles. The van der Waals surface area contributed by atoms with Gasteiger partial charge in [-0.05, 0) is 18.6 Å². The van der Waals surface area contributed by atoms with Crippen LogP contribution < -0.4 is 5.32 Å². The Morgan fingerprint density at radius 1 is 1.40 bits per heavy atom. The first kappa shape index (κ1) is 14.2. The third kappa shape index (κ3) is 2.54. The molecule has 0 spiro atoms. The molecule has 20 heavy (non-hydrogen) atoms. The average molecular weight is 281 g/mol. The lowest BCUT2D eigenvalue weighted by Crippen LogP contribution is -2.34. The first-order valence-electron chi connectivity index (χ1n) is 5.98. The SMILES string of the molecule is COC(=O)C1=C(C)NC(=O)CC1c1ccc(F)cc1F. The number of nitrogens with one attached hydrogen (secondary N) is 1. The summed E-state index contributed by atoms with van der Waals surface area (Å²) in [7, 11) is 1.21. The van der Waals surface area contributed by atoms with Gasteiger partial charge < -0.3 is 10.1 Å². The molecule has 1 unspecified atom stereocenters. The number of benzene rings is 1. The van der Waals surface area contributed by atoms with Gasteiger partial charge in [0.15, 0.2) is 0 Å². The van der Waals surface area contributed by atoms with Gasteiger partial charge in [-0.2, -0.15) is 0 Å². The molecule has 0 saturated carbocycles. The Balaban J connectivity index is 2.54. The lowest BCUT2D eigenvalue weighted by atomic mass is 9.84. The van der Waals surface area contributed by atoms with E-state index in [1.165, 1.54) is 20.1 Å². The number of esters is 1. The van der Waals surface area contributed by atoms with E-state index in [1.807, 2.05) is 0 Å². The molecule has 0 aliphatic carbocycles. The Labute approximate surface area is 114 Å². The monoisotopic (exact) mass is 281 g/mol. The maximum Gasteiger partial charge on any atom is 0.336 e. The highest BCUT2D eigenvalue weighted by Crippen LogP contribution is 2.34. The molecule has 1 atom stereocenters. The molecule has 1 aliphatic rings. The van der Waals surface area contributed by atoms with Crippen molar-refractivity contribution >= 4 is 11.9 Å². The van der Waals surface area contributed by atoms with Crippen molar-refractivity contribution in [2.24, 2.45) is 0 Å². The fraction of sp³-hybridized carbons (Fsp3) is 0.286. The van der Waals surface area contributed by atoms with Crippen LogP contribution in [0, 0.1) is 11.6 Å². The van der Waals surface area contributed by atoms with Crippen molar-refractivity contribution in [2.45, 2.75) is 19.3 Å². The zero-order valence-electron chi connectivity index (χ0n) is 11.0. The van der Waals surface area contributed by atoms with Crippen LogP contribution in [0.2, 0.25) is 0 Å². The van der Waals surface area contributed by atoms with Crippen molar-refractivity contribution in [3.8, 4) is 0 Å². The van der Waals surface area contributed by atoms with E-state index in [0.717, 1.165) is 12.1 Å². The Morgan fingerprint density at radius 2 is 2.10 bits per heavy atom. The Hall–Kier alpha value is -2.24. The number of methoxy groups -OCH3 is 1. The molecule has 0 saturated heterocycles. The minimum Gasteiger partial charge on any atom is -0.466 e. The van der Waals surface area contributed by atoms with Gasteiger partial charge in [0.05, 0.1) is 12.7 Å². The van der Waals surface area contributed by atoms with E-state index in [-0.39, 0.29) is 23.5 Å². The predicted molar refractivity (Wildman–Crippen MR) is 66.6 cm³/mol. The van der Waals surface area contributed by atoms with Gasteiger partial charge in [0, 0.05) is 24.1 Å². The second-order valence-electron chi connectivity index (χ2n) is 4.50. The lowest BCUT2D eigenvalue weighted by Gasteiger charge is -2.26. The van der Waals surface area contributed by atoms with E-state index < -0.39 is 23.5 Å². The fourth-order valence-electron chi connectivity index (χ4n) is 2.33. The zero-order valence-corrected chi connectivity index (χ0v) is 11.0. The molecular weight excluding hydrogens is 268 g/mol. The quantitative estimate of drug-likeness (QED) is 0.844. The molecule has 106 valence electrons. The molecule has 1 N–H and O–H groups in total. The van der Waals surface area contributed by atoms with Crippen LogP contribution in [0.1, 0.15) is 24.8 Å². The van der Waals surface area contributed by atoms with Gasteiger partial charge in [-0.25, -0.2) is 13.6 Å². The van der Waals surface area contributed by atoms with Crippen LogP contribution in [0.15, 0.2) is 29.5 Å². The second-order valence-corrected chi connectivity index (χ2v) is 4.50. The van der Waals surface area contributed by atoms with Gasteiger partial charge in [-0.3, -0.25) is 4.79 Å². The molecule has 0 radical (unpaired) electrons. The molecule has 1 aliphatic heterocycles. The van der Waals surface area contributed by atoms with Crippen molar-refractivity contribution in [3.63, 3.8) is 0 Å². The summed E-state index contributed by atoms with van der Waals surface area (Å²) in [6, 6.07) is 3.06. The highest BCUT2D eigenvalue weighted by Gasteiger charge is 2.33. The molecule has 4 nitrogen and oxygen atoms in total. The van der Waals surface area contributed by atoms with Crippen molar-refractivity contribution in [1.82, 2.24) is 5.32 Å². The first-order chi connectivity index (χ1) is 9.43. The van der Waals surface area contributed by atoms with E-state index in [1.54, 1.807) is 0 Å². The maximum absolute atomic E-state index is 13.9. The van der Waals surface area contributed by atoms with Gasteiger partial charge >= 0.3 is 5.97 Å². The van der Waals surface area contributed by atoms with Crippen LogP contribution >= 0.6 is 0 Å². The summed E-state index contributed by atoms with van der Waals surface area (Å²) in [6.45, 7) is 1.54. The Morgan fingerprint density at radius 3 is 2.70 bits per heavy atom. The molecule has 2 rings (SSSR count). The van der Waals surface area contributed by atoms with E-state index in [0.29, 0.717) is 5.70 Å². The van der Waals surface area contributed by atoms with Gasteiger partial charge in [-0.15, -0.1) is 0 Å². The van der Waals surface area contributed by atoms with Crippen LogP contribution in [0.25, 0.3) is 0 Å². The smallest absolute Gasteiger partial charge is 0.336 e. The number of amides is 1. The molecule has 0 bridgehead atoms. The van der Waals surface area contributed by atoms with Crippen molar-refractivity contribution in [1.29, 1.82) is 0 Å². The summed E-state index contributed by atoms with van der Waals surface area (Å²) in [6.07, 6.45) is -0.0929. The van der Waals surface area contributed by atoms with E-state index in [9.17, 15) is 18.4 Å². The number of carbonyl (C=O) groups excluding carboxylic acids is 2. The second kappa shape index (κ2) is 5.40. The van der Waals surface area contributed by atoms with Crippen LogP contribution in [0.3, 0.4) is 0 Å². The Kier molecular flexibility index (Phi) is 3.83. The average Bonchev–Trinajstić information content (AvgIpc) is 2.37. The number of rotatable bonds is 2. The van der Waals surface area contributed by atoms with Crippen LogP contribution in [0.5, 0.6) is 0 Å². The summed E-state index contributed by atoms with van der Waals surface area (Å²) in [4.78, 5) is 23.4. The van der Waals surface area contributed by atoms with Gasteiger partial charge in [0.25, 0.3) is 0 Å². The first-order valence-corrected chi connectivity index (χ1v) is 5.98. The zero-order chi connectivity index (χ0) is 14.9. The molecule has 0 aromatic heterocycles. The molecule has 1 aromatic rings. The largest absolute Gasteiger partial charge is 0.466 e. The van der Waals surface area contributed by atoms with Crippen molar-refractivity contribution < 1.29 is 23.1 Å². The number of allylic oxidation sites excluding steroid dienone is 1. The molecule has 1 amide bonds. The third-order valence-electron chi connectivity index (χ3n) is 3.21. The summed E-state index contributed by atoms with van der Waals surface area (Å²) in [5.74, 6) is -3.26. The highest BCUT2D eigenvalue weighted by molar-refractivity contribution is 5.95. The van der Waals surface area contributed by atoms with Crippen LogP contribution in [-0.4, -0.2) is 19.0 Å². The van der Waals surface area contributed by atoms with Crippen molar-refractivity contribution in [3.05, 3.63) is 46.7 Å². The van der Waals surface area contributed by atoms with Crippen molar-refractivity contribution in [2.75, 3.05) is 7.11 Å². The number of ether oxygens (including phenoxy) is 1. The minimum absolute atomic E-state index is 0.0929. The number of carbonyl (C=O) groups is 2. The molecule has 6 heteroatoms. The van der Waals surface area contributed by atoms with E-state index in [2.05, 4.69) is 10.1 Å². The topological polar surface area (TPSA) is 55.4 Å². The predicted octanol–water partition coefficient (Wildman–Crippen LogP) is 2.02. The third-order valence-corrected chi connectivity index (χ3v) is 3.21. The minimum atomic E-state index is -0.793.